The Hall–Kier alpha value is -3.79. The number of nitrogens with zero attached hydrogens (tertiary/aromatic N) is 3. The molecule has 1 unspecified atom stereocenters. The highest BCUT2D eigenvalue weighted by molar-refractivity contribution is 6.47. The number of anilines is 2. The van der Waals surface area contributed by atoms with Gasteiger partial charge in [0.25, 0.3) is 5.91 Å². The number of terminal acetylenes is 1. The van der Waals surface area contributed by atoms with Gasteiger partial charge in [-0.3, -0.25) is 24.6 Å². The molecular formula is C23H27N5O2. The maximum atomic E-state index is 12.6. The van der Waals surface area contributed by atoms with Crippen molar-refractivity contribution in [1.29, 1.82) is 0 Å². The quantitative estimate of drug-likeness (QED) is 0.596. The molecule has 0 radical (unpaired) electrons. The summed E-state index contributed by atoms with van der Waals surface area (Å²) in [7, 11) is 3.52. The maximum absolute atomic E-state index is 12.6. The first kappa shape index (κ1) is 22.5. The number of carbonyl (C=O) groups excluding carboxylic acids is 2. The summed E-state index contributed by atoms with van der Waals surface area (Å²) in [5, 5.41) is 9.77. The fourth-order valence-corrected chi connectivity index (χ4v) is 3.66. The summed E-state index contributed by atoms with van der Waals surface area (Å²) in [6.07, 6.45) is 12.5. The number of amides is 2. The van der Waals surface area contributed by atoms with Gasteiger partial charge in [-0.25, -0.2) is 0 Å². The number of aliphatic imine (C=N–C) groups is 1. The average molecular weight is 406 g/mol. The first-order chi connectivity index (χ1) is 14.4. The summed E-state index contributed by atoms with van der Waals surface area (Å²) in [5.74, 6) is -0.299. The molecule has 2 N–H and O–H groups in total. The Morgan fingerprint density at radius 3 is 2.67 bits per heavy atom. The van der Waals surface area contributed by atoms with Crippen LogP contribution >= 0.6 is 0 Å². The van der Waals surface area contributed by atoms with Crippen LogP contribution in [0.15, 0.2) is 54.2 Å². The Balaban J connectivity index is 0.00000155. The molecule has 0 aromatic heterocycles. The molecular weight excluding hydrogens is 378 g/mol. The van der Waals surface area contributed by atoms with E-state index in [0.717, 1.165) is 16.9 Å². The molecule has 1 atom stereocenters. The van der Waals surface area contributed by atoms with E-state index < -0.39 is 0 Å². The Labute approximate surface area is 177 Å². The summed E-state index contributed by atoms with van der Waals surface area (Å²) in [5.41, 5.74) is 4.18. The van der Waals surface area contributed by atoms with Crippen LogP contribution in [0.25, 0.3) is 5.70 Å². The number of hydrogen-bond acceptors (Lipinski definition) is 5. The summed E-state index contributed by atoms with van der Waals surface area (Å²) in [4.78, 5) is 28.3. The molecule has 0 spiro atoms. The molecule has 7 nitrogen and oxygen atoms in total. The van der Waals surface area contributed by atoms with E-state index in [1.165, 1.54) is 0 Å². The van der Waals surface area contributed by atoms with Crippen LogP contribution in [0.2, 0.25) is 0 Å². The van der Waals surface area contributed by atoms with Crippen LogP contribution in [0.5, 0.6) is 0 Å². The fourth-order valence-electron chi connectivity index (χ4n) is 3.66. The van der Waals surface area contributed by atoms with Gasteiger partial charge in [0.2, 0.25) is 5.91 Å². The molecule has 0 saturated carbocycles. The van der Waals surface area contributed by atoms with Gasteiger partial charge >= 0.3 is 0 Å². The third kappa shape index (κ3) is 4.13. The van der Waals surface area contributed by atoms with Gasteiger partial charge in [-0.2, -0.15) is 0 Å². The molecule has 0 bridgehead atoms. The Morgan fingerprint density at radius 2 is 2.07 bits per heavy atom. The van der Waals surface area contributed by atoms with E-state index in [0.29, 0.717) is 29.9 Å². The van der Waals surface area contributed by atoms with E-state index in [1.54, 1.807) is 19.2 Å². The first-order valence-corrected chi connectivity index (χ1v) is 9.47. The number of rotatable bonds is 4. The number of hydrazine groups is 1. The molecule has 30 heavy (non-hydrogen) atoms. The second-order valence-corrected chi connectivity index (χ2v) is 6.71. The molecule has 0 aliphatic carbocycles. The van der Waals surface area contributed by atoms with Gasteiger partial charge < -0.3 is 10.6 Å². The monoisotopic (exact) mass is 405 g/mol. The second kappa shape index (κ2) is 9.61. The van der Waals surface area contributed by atoms with Crippen LogP contribution in [0.4, 0.5) is 11.4 Å². The highest BCUT2D eigenvalue weighted by Gasteiger charge is 2.38. The van der Waals surface area contributed by atoms with E-state index in [9.17, 15) is 9.59 Å². The van der Waals surface area contributed by atoms with Crippen molar-refractivity contribution in [3.63, 3.8) is 0 Å². The smallest absolute Gasteiger partial charge is 0.273 e. The van der Waals surface area contributed by atoms with Gasteiger partial charge in [-0.1, -0.05) is 25.3 Å². The van der Waals surface area contributed by atoms with Crippen LogP contribution < -0.4 is 15.6 Å². The molecule has 156 valence electrons. The predicted molar refractivity (Wildman–Crippen MR) is 123 cm³/mol. The topological polar surface area (TPSA) is 77.0 Å². The van der Waals surface area contributed by atoms with Crippen molar-refractivity contribution in [2.24, 2.45) is 4.99 Å². The molecule has 1 aromatic rings. The van der Waals surface area contributed by atoms with Gasteiger partial charge in [-0.05, 0) is 31.6 Å². The standard InChI is InChI=1S/C21H25N5O2.C2H2/c1-6-8-16(22-4)21(28)24-15-9-7-10-18-20(15)14(3)26(25(18)5)17-11-12-19(27)23-13(17)2;1-2/h6-10,17H,2-3,11-12H2,1,4-5H3,(H,23,27)(H,24,28);1-2H/b8-6-,22-16?;. The largest absolute Gasteiger partial charge is 0.328 e. The number of carbonyl (C=O) groups is 2. The minimum Gasteiger partial charge on any atom is -0.328 e. The second-order valence-electron chi connectivity index (χ2n) is 6.71. The van der Waals surface area contributed by atoms with Gasteiger partial charge in [0, 0.05) is 31.8 Å². The number of hydrogen-bond donors (Lipinski definition) is 2. The van der Waals surface area contributed by atoms with E-state index in [4.69, 9.17) is 0 Å². The molecule has 2 aliphatic rings. The highest BCUT2D eigenvalue weighted by atomic mass is 16.2. The Bertz CT molecular complexity index is 958. The van der Waals surface area contributed by atoms with Crippen LogP contribution in [0, 0.1) is 12.8 Å². The van der Waals surface area contributed by atoms with E-state index in [1.807, 2.05) is 42.2 Å². The van der Waals surface area contributed by atoms with Crippen molar-refractivity contribution >= 4 is 34.6 Å². The van der Waals surface area contributed by atoms with Crippen LogP contribution in [-0.4, -0.2) is 42.7 Å². The predicted octanol–water partition coefficient (Wildman–Crippen LogP) is 2.95. The third-order valence-electron chi connectivity index (χ3n) is 4.97. The van der Waals surface area contributed by atoms with Gasteiger partial charge in [0.15, 0.2) is 0 Å². The Kier molecular flexibility index (Phi) is 7.21. The molecule has 1 fully saturated rings. The van der Waals surface area contributed by atoms with Crippen molar-refractivity contribution in [2.45, 2.75) is 25.8 Å². The molecule has 2 heterocycles. The van der Waals surface area contributed by atoms with Crippen molar-refractivity contribution in [3.05, 3.63) is 54.8 Å². The zero-order valence-electron chi connectivity index (χ0n) is 17.6. The lowest BCUT2D eigenvalue weighted by molar-refractivity contribution is -0.121. The molecule has 1 aromatic carbocycles. The normalized spacial score (nSPS) is 18.6. The van der Waals surface area contributed by atoms with Crippen molar-refractivity contribution in [3.8, 4) is 12.8 Å². The molecule has 1 saturated heterocycles. The zero-order chi connectivity index (χ0) is 22.4. The summed E-state index contributed by atoms with van der Waals surface area (Å²) < 4.78 is 0. The minimum absolute atomic E-state index is 0.0189. The molecule has 3 rings (SSSR count). The van der Waals surface area contributed by atoms with Crippen LogP contribution in [0.3, 0.4) is 0 Å². The number of allylic oxidation sites excluding steroid dienone is 1. The van der Waals surface area contributed by atoms with E-state index >= 15 is 0 Å². The van der Waals surface area contributed by atoms with Gasteiger partial charge in [0.05, 0.1) is 23.1 Å². The summed E-state index contributed by atoms with van der Waals surface area (Å²) in [6.45, 7) is 10.1. The van der Waals surface area contributed by atoms with Crippen molar-refractivity contribution < 1.29 is 9.59 Å². The number of fused-ring (bicyclic) bond motifs is 1. The highest BCUT2D eigenvalue weighted by Crippen LogP contribution is 2.44. The lowest BCUT2D eigenvalue weighted by atomic mass is 10.0. The van der Waals surface area contributed by atoms with Gasteiger partial charge in [-0.15, -0.1) is 12.8 Å². The van der Waals surface area contributed by atoms with Gasteiger partial charge in [0.1, 0.15) is 5.71 Å². The molecule has 2 aliphatic heterocycles. The average Bonchev–Trinajstić information content (AvgIpc) is 2.99. The third-order valence-corrected chi connectivity index (χ3v) is 4.97. The van der Waals surface area contributed by atoms with Crippen LogP contribution in [-0.2, 0) is 9.59 Å². The summed E-state index contributed by atoms with van der Waals surface area (Å²) in [6, 6.07) is 5.61. The molecule has 2 amide bonds. The SMILES string of the molecule is C#C.C=C1NC(=O)CCC1N1C(=C)c2c(NC(=O)C(/C=C\C)=NC)cccc2N1C. The summed E-state index contributed by atoms with van der Waals surface area (Å²) >= 11 is 0. The maximum Gasteiger partial charge on any atom is 0.273 e. The van der Waals surface area contributed by atoms with Crippen molar-refractivity contribution in [1.82, 2.24) is 10.3 Å². The number of nitrogens with one attached hydrogen (secondary N) is 2. The molecule has 7 heteroatoms. The lowest BCUT2D eigenvalue weighted by Gasteiger charge is -2.39. The zero-order valence-corrected chi connectivity index (χ0v) is 17.6. The Morgan fingerprint density at radius 1 is 1.37 bits per heavy atom. The minimum atomic E-state index is -0.280. The van der Waals surface area contributed by atoms with Crippen LogP contribution in [0.1, 0.15) is 25.3 Å². The lowest BCUT2D eigenvalue weighted by Crippen LogP contribution is -2.49. The number of piperidine rings is 1. The van der Waals surface area contributed by atoms with Crippen molar-refractivity contribution in [2.75, 3.05) is 24.4 Å². The first-order valence-electron chi connectivity index (χ1n) is 9.47. The fraction of sp³-hybridized carbons (Fsp3) is 0.261. The van der Waals surface area contributed by atoms with E-state index in [-0.39, 0.29) is 17.9 Å². The number of benzene rings is 1. The van der Waals surface area contributed by atoms with E-state index in [2.05, 4.69) is 41.6 Å².